The first-order chi connectivity index (χ1) is 7.16. The lowest BCUT2D eigenvalue weighted by atomic mass is 10.2. The number of aliphatic hydroxyl groups is 1. The number of aliphatic hydroxyl groups excluding tert-OH is 1. The molecule has 0 saturated carbocycles. The maximum Gasteiger partial charge on any atom is 0.123 e. The van der Waals surface area contributed by atoms with Gasteiger partial charge in [0.1, 0.15) is 5.01 Å². The predicted molar refractivity (Wildman–Crippen MR) is 62.9 cm³/mol. The van der Waals surface area contributed by atoms with Gasteiger partial charge < -0.3 is 5.11 Å². The van der Waals surface area contributed by atoms with Crippen LogP contribution >= 0.6 is 11.3 Å². The van der Waals surface area contributed by atoms with Gasteiger partial charge >= 0.3 is 0 Å². The molecule has 0 aliphatic heterocycles. The first-order valence-electron chi connectivity index (χ1n) is 4.87. The molecule has 1 heterocycles. The van der Waals surface area contributed by atoms with Crippen LogP contribution in [0.2, 0.25) is 0 Å². The summed E-state index contributed by atoms with van der Waals surface area (Å²) in [5.41, 5.74) is 3.10. The van der Waals surface area contributed by atoms with E-state index in [1.54, 1.807) is 18.3 Å². The third-order valence-electron chi connectivity index (χ3n) is 2.25. The highest BCUT2D eigenvalue weighted by molar-refractivity contribution is 7.13. The molecule has 3 heteroatoms. The number of rotatable bonds is 2. The Morgan fingerprint density at radius 3 is 2.47 bits per heavy atom. The largest absolute Gasteiger partial charge is 0.387 e. The fourth-order valence-electron chi connectivity index (χ4n) is 1.31. The Bertz CT molecular complexity index is 445. The summed E-state index contributed by atoms with van der Waals surface area (Å²) in [5, 5.41) is 12.2. The topological polar surface area (TPSA) is 33.1 Å². The van der Waals surface area contributed by atoms with E-state index in [0.29, 0.717) is 0 Å². The summed E-state index contributed by atoms with van der Waals surface area (Å²) in [6, 6.07) is 8.25. The van der Waals surface area contributed by atoms with Gasteiger partial charge in [-0.15, -0.1) is 11.3 Å². The van der Waals surface area contributed by atoms with Crippen LogP contribution in [0.15, 0.2) is 29.6 Å². The molecule has 1 aromatic carbocycles. The Balaban J connectivity index is 2.33. The molecule has 0 spiro atoms. The van der Waals surface area contributed by atoms with E-state index in [1.807, 2.05) is 5.38 Å². The van der Waals surface area contributed by atoms with Crippen LogP contribution in [0.5, 0.6) is 0 Å². The smallest absolute Gasteiger partial charge is 0.123 e. The molecule has 15 heavy (non-hydrogen) atoms. The van der Waals surface area contributed by atoms with E-state index in [0.717, 1.165) is 16.3 Å². The van der Waals surface area contributed by atoms with Crippen molar-refractivity contribution in [2.75, 3.05) is 0 Å². The quantitative estimate of drug-likeness (QED) is 0.841. The van der Waals surface area contributed by atoms with E-state index >= 15 is 0 Å². The second-order valence-corrected chi connectivity index (χ2v) is 4.48. The zero-order valence-corrected chi connectivity index (χ0v) is 9.58. The number of thiazole rings is 1. The van der Waals surface area contributed by atoms with Crippen LogP contribution in [-0.4, -0.2) is 10.1 Å². The molecule has 0 amide bonds. The normalized spacial score (nSPS) is 12.7. The SMILES string of the molecule is Cc1ccc(-c2nc(C(C)O)cs2)cc1. The van der Waals surface area contributed by atoms with Crippen molar-refractivity contribution in [3.8, 4) is 10.6 Å². The fourth-order valence-corrected chi connectivity index (χ4v) is 2.22. The van der Waals surface area contributed by atoms with Gasteiger partial charge in [0.15, 0.2) is 0 Å². The molecule has 0 fully saturated rings. The first-order valence-corrected chi connectivity index (χ1v) is 5.75. The molecular formula is C12H13NOS. The van der Waals surface area contributed by atoms with Crippen LogP contribution in [0.25, 0.3) is 10.6 Å². The molecule has 0 saturated heterocycles. The van der Waals surface area contributed by atoms with Gasteiger partial charge in [-0.05, 0) is 13.8 Å². The maximum absolute atomic E-state index is 9.37. The third kappa shape index (κ3) is 2.25. The third-order valence-corrected chi connectivity index (χ3v) is 3.16. The summed E-state index contributed by atoms with van der Waals surface area (Å²) in [7, 11) is 0. The molecule has 0 bridgehead atoms. The molecular weight excluding hydrogens is 206 g/mol. The monoisotopic (exact) mass is 219 g/mol. The molecule has 1 unspecified atom stereocenters. The highest BCUT2D eigenvalue weighted by atomic mass is 32.1. The van der Waals surface area contributed by atoms with Crippen molar-refractivity contribution in [2.24, 2.45) is 0 Å². The Kier molecular flexibility index (Phi) is 2.84. The van der Waals surface area contributed by atoms with Crippen LogP contribution < -0.4 is 0 Å². The van der Waals surface area contributed by atoms with Crippen LogP contribution in [0, 0.1) is 6.92 Å². The minimum absolute atomic E-state index is 0.486. The lowest BCUT2D eigenvalue weighted by molar-refractivity contribution is 0.195. The molecule has 1 N–H and O–H groups in total. The van der Waals surface area contributed by atoms with E-state index in [9.17, 15) is 5.11 Å². The molecule has 78 valence electrons. The average molecular weight is 219 g/mol. The summed E-state index contributed by atoms with van der Waals surface area (Å²) in [6.07, 6.45) is -0.486. The van der Waals surface area contributed by atoms with Crippen LogP contribution in [-0.2, 0) is 0 Å². The van der Waals surface area contributed by atoms with Crippen LogP contribution in [0.1, 0.15) is 24.3 Å². The number of benzene rings is 1. The predicted octanol–water partition coefficient (Wildman–Crippen LogP) is 3.17. The van der Waals surface area contributed by atoms with Gasteiger partial charge in [0.2, 0.25) is 0 Å². The molecule has 1 atom stereocenters. The summed E-state index contributed by atoms with van der Waals surface area (Å²) >= 11 is 1.57. The lowest BCUT2D eigenvalue weighted by Crippen LogP contribution is -1.90. The first kappa shape index (κ1) is 10.3. The minimum Gasteiger partial charge on any atom is -0.387 e. The van der Waals surface area contributed by atoms with Crippen molar-refractivity contribution in [3.05, 3.63) is 40.9 Å². The van der Waals surface area contributed by atoms with Crippen molar-refractivity contribution >= 4 is 11.3 Å². The number of nitrogens with zero attached hydrogens (tertiary/aromatic N) is 1. The Morgan fingerprint density at radius 2 is 1.93 bits per heavy atom. The maximum atomic E-state index is 9.37. The Morgan fingerprint density at radius 1 is 1.27 bits per heavy atom. The summed E-state index contributed by atoms with van der Waals surface area (Å²) < 4.78 is 0. The molecule has 2 rings (SSSR count). The van der Waals surface area contributed by atoms with Gasteiger partial charge in [-0.2, -0.15) is 0 Å². The molecule has 2 nitrogen and oxygen atoms in total. The van der Waals surface area contributed by atoms with Crippen molar-refractivity contribution in [1.29, 1.82) is 0 Å². The molecule has 2 aromatic rings. The standard InChI is InChI=1S/C12H13NOS/c1-8-3-5-10(6-4-8)12-13-11(7-15-12)9(2)14/h3-7,9,14H,1-2H3. The Hall–Kier alpha value is -1.19. The highest BCUT2D eigenvalue weighted by Crippen LogP contribution is 2.26. The summed E-state index contributed by atoms with van der Waals surface area (Å²) in [5.74, 6) is 0. The molecule has 1 aromatic heterocycles. The van der Waals surface area contributed by atoms with Crippen molar-refractivity contribution in [3.63, 3.8) is 0 Å². The van der Waals surface area contributed by atoms with E-state index in [-0.39, 0.29) is 0 Å². The number of aromatic nitrogens is 1. The van der Waals surface area contributed by atoms with Gasteiger partial charge in [0, 0.05) is 10.9 Å². The van der Waals surface area contributed by atoms with E-state index in [1.165, 1.54) is 5.56 Å². The van der Waals surface area contributed by atoms with E-state index < -0.39 is 6.10 Å². The van der Waals surface area contributed by atoms with Crippen molar-refractivity contribution in [2.45, 2.75) is 20.0 Å². The van der Waals surface area contributed by atoms with Crippen molar-refractivity contribution < 1.29 is 5.11 Å². The Labute approximate surface area is 93.2 Å². The van der Waals surface area contributed by atoms with Crippen LogP contribution in [0.4, 0.5) is 0 Å². The molecule has 0 aliphatic rings. The van der Waals surface area contributed by atoms with Gasteiger partial charge in [-0.25, -0.2) is 4.98 Å². The number of hydrogen-bond donors (Lipinski definition) is 1. The van der Waals surface area contributed by atoms with E-state index in [2.05, 4.69) is 36.2 Å². The summed E-state index contributed by atoms with van der Waals surface area (Å²) in [6.45, 7) is 3.79. The number of aryl methyl sites for hydroxylation is 1. The van der Waals surface area contributed by atoms with Gasteiger partial charge in [-0.1, -0.05) is 29.8 Å². The van der Waals surface area contributed by atoms with E-state index in [4.69, 9.17) is 0 Å². The van der Waals surface area contributed by atoms with Gasteiger partial charge in [0.05, 0.1) is 11.8 Å². The highest BCUT2D eigenvalue weighted by Gasteiger charge is 2.07. The molecule has 0 radical (unpaired) electrons. The van der Waals surface area contributed by atoms with Crippen molar-refractivity contribution in [1.82, 2.24) is 4.98 Å². The van der Waals surface area contributed by atoms with Gasteiger partial charge in [-0.3, -0.25) is 0 Å². The zero-order valence-electron chi connectivity index (χ0n) is 8.77. The second kappa shape index (κ2) is 4.13. The lowest BCUT2D eigenvalue weighted by Gasteiger charge is -1.98. The average Bonchev–Trinajstić information content (AvgIpc) is 2.68. The minimum atomic E-state index is -0.486. The summed E-state index contributed by atoms with van der Waals surface area (Å²) in [4.78, 5) is 4.38. The second-order valence-electron chi connectivity index (χ2n) is 3.62. The zero-order chi connectivity index (χ0) is 10.8. The molecule has 0 aliphatic carbocycles. The number of hydrogen-bond acceptors (Lipinski definition) is 3. The van der Waals surface area contributed by atoms with Crippen LogP contribution in [0.3, 0.4) is 0 Å². The van der Waals surface area contributed by atoms with Gasteiger partial charge in [0.25, 0.3) is 0 Å². The fraction of sp³-hybridized carbons (Fsp3) is 0.250.